The molecule has 0 saturated heterocycles. The van der Waals surface area contributed by atoms with Gasteiger partial charge in [0, 0.05) is 0 Å². The molecule has 0 fully saturated rings. The van der Waals surface area contributed by atoms with Crippen molar-refractivity contribution in [3.05, 3.63) is 0 Å². The monoisotopic (exact) mass is 376 g/mol. The van der Waals surface area contributed by atoms with Crippen LogP contribution in [0.15, 0.2) is 0 Å². The van der Waals surface area contributed by atoms with Crippen LogP contribution in [0.1, 0.15) is 0 Å². The number of rotatable bonds is 2. The van der Waals surface area contributed by atoms with E-state index in [1.54, 1.807) is 0 Å². The molecule has 0 rings (SSSR count). The van der Waals surface area contributed by atoms with Gasteiger partial charge in [-0.3, -0.25) is 0 Å². The molecule has 0 aliphatic heterocycles. The molecule has 0 N–H and O–H groups in total. The molecular weight excluding hydrogens is 373 g/mol. The predicted octanol–water partition coefficient (Wildman–Crippen LogP) is -0.494. The van der Waals surface area contributed by atoms with Crippen molar-refractivity contribution in [2.75, 3.05) is 0 Å². The van der Waals surface area contributed by atoms with E-state index in [-0.39, 0.29) is 27.3 Å². The second-order valence-electron chi connectivity index (χ2n) is 1.51. The van der Waals surface area contributed by atoms with Crippen LogP contribution in [0.2, 0.25) is 0 Å². The standard InChI is InChI=1S/2CH2F2O3S.Cd/c2*2-1(3)7(4,5)6;/h2*1H,(H,4,5,6);/q;;+2/p-2. The number of halogens is 4. The summed E-state index contributed by atoms with van der Waals surface area (Å²) < 4.78 is 96.7. The number of alkyl halides is 4. The molecule has 0 saturated carbocycles. The largest absolute Gasteiger partial charge is 2.00 e. The predicted molar refractivity (Wildman–Crippen MR) is 31.4 cm³/mol. The Bertz CT molecular complexity index is 311. The topological polar surface area (TPSA) is 114 Å². The van der Waals surface area contributed by atoms with E-state index < -0.39 is 31.8 Å². The summed E-state index contributed by atoms with van der Waals surface area (Å²) in [6.45, 7) is 0. The minimum atomic E-state index is -5.32. The SMILES string of the molecule is O=S(=O)([O-])C(F)F.O=S(=O)([O-])C(F)F.[Cd+2]. The van der Waals surface area contributed by atoms with Crippen LogP contribution in [-0.2, 0) is 47.5 Å². The quantitative estimate of drug-likeness (QED) is 0.366. The summed E-state index contributed by atoms with van der Waals surface area (Å²) in [6.07, 6.45) is 0. The molecule has 0 aromatic rings. The Morgan fingerprint density at radius 3 is 0.800 bits per heavy atom. The Morgan fingerprint density at radius 2 is 0.800 bits per heavy atom. The first kappa shape index (κ1) is 20.8. The van der Waals surface area contributed by atoms with Gasteiger partial charge in [-0.15, -0.1) is 0 Å². The summed E-state index contributed by atoms with van der Waals surface area (Å²) in [6, 6.07) is 0. The van der Waals surface area contributed by atoms with Crippen LogP contribution in [-0.4, -0.2) is 37.5 Å². The molecule has 0 atom stereocenters. The fraction of sp³-hybridized carbons (Fsp3) is 1.00. The van der Waals surface area contributed by atoms with E-state index in [0.717, 1.165) is 0 Å². The van der Waals surface area contributed by atoms with Crippen LogP contribution in [0, 0.1) is 0 Å². The van der Waals surface area contributed by atoms with Gasteiger partial charge in [0.15, 0.2) is 20.2 Å². The Labute approximate surface area is 102 Å². The number of hydrogen-bond donors (Lipinski definition) is 0. The van der Waals surface area contributed by atoms with Crippen LogP contribution >= 0.6 is 0 Å². The average molecular weight is 375 g/mol. The maximum absolute atomic E-state index is 10.6. The molecule has 6 nitrogen and oxygen atoms in total. The molecule has 0 spiro atoms. The van der Waals surface area contributed by atoms with Gasteiger partial charge in [-0.2, -0.15) is 17.6 Å². The Hall–Kier alpha value is 0.462. The van der Waals surface area contributed by atoms with Crippen LogP contribution in [0.3, 0.4) is 0 Å². The summed E-state index contributed by atoms with van der Waals surface area (Å²) in [5.74, 6) is -7.57. The third-order valence-corrected chi connectivity index (χ3v) is 1.31. The van der Waals surface area contributed by atoms with Gasteiger partial charge in [0.1, 0.15) is 0 Å². The van der Waals surface area contributed by atoms with Gasteiger partial charge < -0.3 is 9.11 Å². The fourth-order valence-electron chi connectivity index (χ4n) is 0. The third-order valence-electron chi connectivity index (χ3n) is 0.436. The molecule has 0 heterocycles. The Morgan fingerprint density at radius 1 is 0.733 bits per heavy atom. The summed E-state index contributed by atoms with van der Waals surface area (Å²) in [4.78, 5) is 0. The second-order valence-corrected chi connectivity index (χ2v) is 4.19. The zero-order valence-electron chi connectivity index (χ0n) is 6.64. The Balaban J connectivity index is -0.000000180. The normalized spacial score (nSPS) is 11.7. The molecule has 15 heavy (non-hydrogen) atoms. The smallest absolute Gasteiger partial charge is 0.744 e. The molecule has 0 bridgehead atoms. The minimum Gasteiger partial charge on any atom is -0.744 e. The van der Waals surface area contributed by atoms with E-state index >= 15 is 0 Å². The third kappa shape index (κ3) is 14.5. The molecule has 0 aliphatic rings. The van der Waals surface area contributed by atoms with Gasteiger partial charge in [-0.05, 0) is 0 Å². The van der Waals surface area contributed by atoms with Crippen molar-refractivity contribution in [3.63, 3.8) is 0 Å². The van der Waals surface area contributed by atoms with Gasteiger partial charge in [0.2, 0.25) is 0 Å². The minimum absolute atomic E-state index is 0. The van der Waals surface area contributed by atoms with Gasteiger partial charge in [-0.25, -0.2) is 16.8 Å². The van der Waals surface area contributed by atoms with Crippen LogP contribution in [0.25, 0.3) is 0 Å². The van der Waals surface area contributed by atoms with Crippen molar-refractivity contribution in [1.29, 1.82) is 0 Å². The van der Waals surface area contributed by atoms with Crippen LogP contribution in [0.5, 0.6) is 0 Å². The fourth-order valence-corrected chi connectivity index (χ4v) is 0. The maximum Gasteiger partial charge on any atom is 2.00 e. The van der Waals surface area contributed by atoms with E-state index in [9.17, 15) is 17.6 Å². The summed E-state index contributed by atoms with van der Waals surface area (Å²) in [5.41, 5.74) is 0. The first-order chi connectivity index (χ1) is 5.89. The van der Waals surface area contributed by atoms with Crippen molar-refractivity contribution in [2.24, 2.45) is 0 Å². The van der Waals surface area contributed by atoms with Gasteiger partial charge in [0.05, 0.1) is 0 Å². The van der Waals surface area contributed by atoms with E-state index in [2.05, 4.69) is 0 Å². The zero-order valence-corrected chi connectivity index (χ0v) is 12.3. The van der Waals surface area contributed by atoms with Crippen molar-refractivity contribution in [3.8, 4) is 0 Å². The molecule has 0 aromatic heterocycles. The Kier molecular flexibility index (Phi) is 10.7. The van der Waals surface area contributed by atoms with E-state index in [1.807, 2.05) is 0 Å². The molecule has 0 amide bonds. The molecular formula is C2H2CdF4O6S2. The van der Waals surface area contributed by atoms with Crippen molar-refractivity contribution in [1.82, 2.24) is 0 Å². The van der Waals surface area contributed by atoms with Crippen LogP contribution < -0.4 is 0 Å². The number of hydrogen-bond acceptors (Lipinski definition) is 6. The summed E-state index contributed by atoms with van der Waals surface area (Å²) >= 11 is 0. The molecule has 0 radical (unpaired) electrons. The van der Waals surface area contributed by atoms with E-state index in [1.165, 1.54) is 0 Å². The first-order valence-electron chi connectivity index (χ1n) is 2.34. The first-order valence-corrected chi connectivity index (χ1v) is 5.29. The molecule has 13 heteroatoms. The molecule has 0 unspecified atom stereocenters. The van der Waals surface area contributed by atoms with E-state index in [0.29, 0.717) is 0 Å². The van der Waals surface area contributed by atoms with Crippen molar-refractivity contribution >= 4 is 20.2 Å². The second kappa shape index (κ2) is 7.69. The molecule has 0 aliphatic carbocycles. The van der Waals surface area contributed by atoms with Gasteiger partial charge in [0.25, 0.3) is 0 Å². The van der Waals surface area contributed by atoms with Crippen molar-refractivity contribution in [2.45, 2.75) is 11.5 Å². The summed E-state index contributed by atoms with van der Waals surface area (Å²) in [7, 11) is -10.6. The van der Waals surface area contributed by atoms with Crippen LogP contribution in [0.4, 0.5) is 17.6 Å². The van der Waals surface area contributed by atoms with Gasteiger partial charge in [-0.1, -0.05) is 0 Å². The molecule has 88 valence electrons. The van der Waals surface area contributed by atoms with Gasteiger partial charge >= 0.3 is 38.8 Å². The average Bonchev–Trinajstić information content (AvgIpc) is 1.83. The maximum atomic E-state index is 10.6. The summed E-state index contributed by atoms with van der Waals surface area (Å²) in [5, 5.41) is 0. The molecule has 0 aromatic carbocycles. The zero-order chi connectivity index (χ0) is 12.2. The van der Waals surface area contributed by atoms with Crippen molar-refractivity contribution < 1.29 is 70.8 Å². The van der Waals surface area contributed by atoms with E-state index in [4.69, 9.17) is 25.9 Å².